The molecular formula is C15H31IN4O2S. The minimum absolute atomic E-state index is 0. The number of halogens is 1. The smallest absolute Gasteiger partial charge is 0.214 e. The molecule has 1 fully saturated rings. The van der Waals surface area contributed by atoms with E-state index in [-0.39, 0.29) is 35.8 Å². The van der Waals surface area contributed by atoms with E-state index < -0.39 is 10.0 Å². The third-order valence-corrected chi connectivity index (χ3v) is 5.79. The second-order valence-electron chi connectivity index (χ2n) is 5.49. The molecule has 1 heterocycles. The first kappa shape index (κ1) is 22.6. The van der Waals surface area contributed by atoms with Crippen LogP contribution in [0.4, 0.5) is 0 Å². The molecule has 0 aromatic heterocycles. The van der Waals surface area contributed by atoms with E-state index in [2.05, 4.69) is 21.7 Å². The number of sulfonamides is 1. The molecule has 136 valence electrons. The van der Waals surface area contributed by atoms with Gasteiger partial charge in [0.2, 0.25) is 10.0 Å². The molecular weight excluding hydrogens is 427 g/mol. The number of aliphatic imine (C=N–C) groups is 1. The maximum Gasteiger partial charge on any atom is 0.214 e. The van der Waals surface area contributed by atoms with Crippen LogP contribution in [-0.4, -0.2) is 57.2 Å². The molecule has 0 amide bonds. The average Bonchev–Trinajstić information content (AvgIpc) is 2.50. The molecule has 0 radical (unpaired) electrons. The van der Waals surface area contributed by atoms with Gasteiger partial charge in [0.1, 0.15) is 0 Å². The minimum atomic E-state index is -3.06. The molecule has 0 aromatic carbocycles. The van der Waals surface area contributed by atoms with Crippen molar-refractivity contribution in [1.82, 2.24) is 14.9 Å². The van der Waals surface area contributed by atoms with Crippen molar-refractivity contribution in [2.75, 3.05) is 32.4 Å². The Morgan fingerprint density at radius 3 is 2.52 bits per heavy atom. The summed E-state index contributed by atoms with van der Waals surface area (Å²) in [5.41, 5.74) is 0. The van der Waals surface area contributed by atoms with E-state index in [1.54, 1.807) is 11.4 Å². The van der Waals surface area contributed by atoms with Crippen molar-refractivity contribution in [2.45, 2.75) is 45.6 Å². The molecule has 1 rings (SSSR count). The quantitative estimate of drug-likeness (QED) is 0.201. The Labute approximate surface area is 158 Å². The van der Waals surface area contributed by atoms with Gasteiger partial charge in [-0.3, -0.25) is 4.99 Å². The summed E-state index contributed by atoms with van der Waals surface area (Å²) in [5, 5.41) is 6.65. The van der Waals surface area contributed by atoms with Gasteiger partial charge in [0.15, 0.2) is 5.96 Å². The number of rotatable bonds is 7. The van der Waals surface area contributed by atoms with E-state index in [0.717, 1.165) is 31.8 Å². The van der Waals surface area contributed by atoms with Crippen molar-refractivity contribution in [2.24, 2.45) is 4.99 Å². The molecule has 0 unspecified atom stereocenters. The maximum atomic E-state index is 12.0. The fourth-order valence-corrected chi connectivity index (χ4v) is 4.04. The second-order valence-corrected chi connectivity index (χ2v) is 7.58. The summed E-state index contributed by atoms with van der Waals surface area (Å²) in [5.74, 6) is 1.04. The Morgan fingerprint density at radius 2 is 2.00 bits per heavy atom. The lowest BCUT2D eigenvalue weighted by atomic mass is 10.1. The number of guanidine groups is 1. The highest BCUT2D eigenvalue weighted by atomic mass is 127. The number of nitrogens with zero attached hydrogens (tertiary/aromatic N) is 2. The van der Waals surface area contributed by atoms with Crippen molar-refractivity contribution < 1.29 is 8.42 Å². The van der Waals surface area contributed by atoms with Crippen LogP contribution in [-0.2, 0) is 10.0 Å². The Balaban J connectivity index is 0.00000484. The highest BCUT2D eigenvalue weighted by molar-refractivity contribution is 14.0. The van der Waals surface area contributed by atoms with Crippen molar-refractivity contribution >= 4 is 40.0 Å². The first-order valence-electron chi connectivity index (χ1n) is 8.09. The van der Waals surface area contributed by atoms with E-state index in [4.69, 9.17) is 0 Å². The highest BCUT2D eigenvalue weighted by Gasteiger charge is 2.27. The molecule has 23 heavy (non-hydrogen) atoms. The van der Waals surface area contributed by atoms with Crippen molar-refractivity contribution in [3.8, 4) is 0 Å². The SMILES string of the molecule is CC=CCCNC(=NC)NC1CCN(S(=O)(=O)CCC)CC1.I. The van der Waals surface area contributed by atoms with Crippen LogP contribution in [0.3, 0.4) is 0 Å². The Hall–Kier alpha value is -0.350. The van der Waals surface area contributed by atoms with Gasteiger partial charge in [0, 0.05) is 32.7 Å². The minimum Gasteiger partial charge on any atom is -0.356 e. The van der Waals surface area contributed by atoms with Crippen LogP contribution in [0.2, 0.25) is 0 Å². The zero-order valence-corrected chi connectivity index (χ0v) is 17.6. The molecule has 1 aliphatic rings. The van der Waals surface area contributed by atoms with E-state index in [1.807, 2.05) is 19.9 Å². The number of piperidine rings is 1. The first-order chi connectivity index (χ1) is 10.5. The van der Waals surface area contributed by atoms with Gasteiger partial charge < -0.3 is 10.6 Å². The standard InChI is InChI=1S/C15H30N4O2S.HI/c1-4-6-7-10-17-15(16-3)18-14-8-11-19(12-9-14)22(20,21)13-5-2;/h4,6,14H,5,7-13H2,1-3H3,(H2,16,17,18);1H. The molecule has 0 aromatic rings. The molecule has 1 aliphatic heterocycles. The van der Waals surface area contributed by atoms with Crippen molar-refractivity contribution in [3.05, 3.63) is 12.2 Å². The zero-order chi connectivity index (χ0) is 16.4. The van der Waals surface area contributed by atoms with Gasteiger partial charge in [0.05, 0.1) is 5.75 Å². The van der Waals surface area contributed by atoms with Gasteiger partial charge in [-0.25, -0.2) is 12.7 Å². The summed E-state index contributed by atoms with van der Waals surface area (Å²) in [7, 11) is -1.30. The van der Waals surface area contributed by atoms with E-state index in [1.165, 1.54) is 0 Å². The number of hydrogen-bond donors (Lipinski definition) is 2. The van der Waals surface area contributed by atoms with Crippen LogP contribution < -0.4 is 10.6 Å². The largest absolute Gasteiger partial charge is 0.356 e. The third-order valence-electron chi connectivity index (χ3n) is 3.71. The van der Waals surface area contributed by atoms with Crippen LogP contribution >= 0.6 is 24.0 Å². The van der Waals surface area contributed by atoms with Gasteiger partial charge in [-0.2, -0.15) is 0 Å². The summed E-state index contributed by atoms with van der Waals surface area (Å²) in [6, 6.07) is 0.279. The topological polar surface area (TPSA) is 73.8 Å². The Morgan fingerprint density at radius 1 is 1.35 bits per heavy atom. The molecule has 0 saturated carbocycles. The molecule has 2 N–H and O–H groups in total. The Bertz CT molecular complexity index is 472. The molecule has 6 nitrogen and oxygen atoms in total. The lowest BCUT2D eigenvalue weighted by Crippen LogP contribution is -2.50. The third kappa shape index (κ3) is 8.35. The number of nitrogens with one attached hydrogen (secondary N) is 2. The zero-order valence-electron chi connectivity index (χ0n) is 14.4. The lowest BCUT2D eigenvalue weighted by Gasteiger charge is -2.32. The van der Waals surface area contributed by atoms with Crippen LogP contribution in [0.25, 0.3) is 0 Å². The molecule has 0 atom stereocenters. The van der Waals surface area contributed by atoms with Gasteiger partial charge >= 0.3 is 0 Å². The van der Waals surface area contributed by atoms with Gasteiger partial charge in [-0.1, -0.05) is 19.1 Å². The summed E-state index contributed by atoms with van der Waals surface area (Å²) in [4.78, 5) is 4.22. The fourth-order valence-electron chi connectivity index (χ4n) is 2.49. The van der Waals surface area contributed by atoms with Crippen molar-refractivity contribution in [3.63, 3.8) is 0 Å². The maximum absolute atomic E-state index is 12.0. The van der Waals surface area contributed by atoms with Crippen LogP contribution in [0.15, 0.2) is 17.1 Å². The molecule has 0 bridgehead atoms. The second kappa shape index (κ2) is 12.1. The normalized spacial score (nSPS) is 18.0. The summed E-state index contributed by atoms with van der Waals surface area (Å²) in [6.07, 6.45) is 7.41. The van der Waals surface area contributed by atoms with Crippen LogP contribution in [0, 0.1) is 0 Å². The number of hydrogen-bond acceptors (Lipinski definition) is 3. The van der Waals surface area contributed by atoms with Crippen molar-refractivity contribution in [1.29, 1.82) is 0 Å². The number of allylic oxidation sites excluding steroid dienone is 1. The highest BCUT2D eigenvalue weighted by Crippen LogP contribution is 2.15. The lowest BCUT2D eigenvalue weighted by molar-refractivity contribution is 0.306. The molecule has 0 aliphatic carbocycles. The monoisotopic (exact) mass is 458 g/mol. The molecule has 1 saturated heterocycles. The van der Waals surface area contributed by atoms with Gasteiger partial charge in [0.25, 0.3) is 0 Å². The summed E-state index contributed by atoms with van der Waals surface area (Å²) >= 11 is 0. The summed E-state index contributed by atoms with van der Waals surface area (Å²) < 4.78 is 25.7. The van der Waals surface area contributed by atoms with Gasteiger partial charge in [-0.15, -0.1) is 24.0 Å². The van der Waals surface area contributed by atoms with E-state index in [0.29, 0.717) is 19.5 Å². The first-order valence-corrected chi connectivity index (χ1v) is 9.70. The predicted octanol–water partition coefficient (Wildman–Crippen LogP) is 1.94. The van der Waals surface area contributed by atoms with E-state index >= 15 is 0 Å². The Kier molecular flexibility index (Phi) is 11.9. The fraction of sp³-hybridized carbons (Fsp3) is 0.800. The average molecular weight is 458 g/mol. The molecule has 8 heteroatoms. The van der Waals surface area contributed by atoms with Crippen LogP contribution in [0.5, 0.6) is 0 Å². The predicted molar refractivity (Wildman–Crippen MR) is 108 cm³/mol. The van der Waals surface area contributed by atoms with Crippen LogP contribution in [0.1, 0.15) is 39.5 Å². The molecule has 0 spiro atoms. The van der Waals surface area contributed by atoms with Gasteiger partial charge in [-0.05, 0) is 32.6 Å². The van der Waals surface area contributed by atoms with E-state index in [9.17, 15) is 8.42 Å². The summed E-state index contributed by atoms with van der Waals surface area (Å²) in [6.45, 7) is 5.93.